The normalized spacial score (nSPS) is 12.8. The minimum atomic E-state index is 0. The molecule has 82 valence electrons. The predicted octanol–water partition coefficient (Wildman–Crippen LogP) is 3.18. The van der Waals surface area contributed by atoms with Crippen LogP contribution in [0, 0.1) is 0 Å². The van der Waals surface area contributed by atoms with E-state index < -0.39 is 0 Å². The standard InChI is InChI=1S/C14H13N.ClH/c15-9-14-12-7-3-1-5-10(12)11-6-2-4-8-13(11)14;/h1-8,14H,9,15H2;1H. The van der Waals surface area contributed by atoms with Gasteiger partial charge in [-0.3, -0.25) is 0 Å². The van der Waals surface area contributed by atoms with Gasteiger partial charge in [-0.25, -0.2) is 0 Å². The van der Waals surface area contributed by atoms with Crippen LogP contribution in [-0.2, 0) is 0 Å². The summed E-state index contributed by atoms with van der Waals surface area (Å²) >= 11 is 0. The third kappa shape index (κ3) is 1.44. The molecule has 0 amide bonds. The smallest absolute Gasteiger partial charge is 0.0224 e. The molecule has 0 bridgehead atoms. The Bertz CT molecular complexity index is 462. The number of nitrogens with two attached hydrogens (primary N) is 1. The fourth-order valence-corrected chi connectivity index (χ4v) is 2.51. The second-order valence-corrected chi connectivity index (χ2v) is 3.96. The molecule has 0 atom stereocenters. The first-order valence-corrected chi connectivity index (χ1v) is 5.30. The first-order chi connectivity index (χ1) is 7.42. The third-order valence-electron chi connectivity index (χ3n) is 3.20. The molecule has 0 aliphatic heterocycles. The summed E-state index contributed by atoms with van der Waals surface area (Å²) in [5.74, 6) is 0.386. The predicted molar refractivity (Wildman–Crippen MR) is 70.0 cm³/mol. The zero-order valence-electron chi connectivity index (χ0n) is 8.89. The highest BCUT2D eigenvalue weighted by Gasteiger charge is 2.26. The molecule has 16 heavy (non-hydrogen) atoms. The average Bonchev–Trinajstić information content (AvgIpc) is 2.63. The highest BCUT2D eigenvalue weighted by molar-refractivity contribution is 5.85. The lowest BCUT2D eigenvalue weighted by Gasteiger charge is -2.09. The van der Waals surface area contributed by atoms with Gasteiger partial charge in [0.25, 0.3) is 0 Å². The van der Waals surface area contributed by atoms with Crippen LogP contribution in [0.15, 0.2) is 48.5 Å². The van der Waals surface area contributed by atoms with Crippen molar-refractivity contribution in [2.45, 2.75) is 5.92 Å². The molecular formula is C14H14ClN. The number of rotatable bonds is 1. The van der Waals surface area contributed by atoms with Crippen molar-refractivity contribution < 1.29 is 0 Å². The van der Waals surface area contributed by atoms with Crippen LogP contribution in [0.4, 0.5) is 0 Å². The van der Waals surface area contributed by atoms with E-state index in [1.165, 1.54) is 22.3 Å². The lowest BCUT2D eigenvalue weighted by atomic mass is 9.97. The Balaban J connectivity index is 0.000000963. The van der Waals surface area contributed by atoms with Crippen molar-refractivity contribution in [2.75, 3.05) is 6.54 Å². The van der Waals surface area contributed by atoms with Gasteiger partial charge in [-0.1, -0.05) is 48.5 Å². The lowest BCUT2D eigenvalue weighted by Crippen LogP contribution is -2.10. The molecule has 1 aliphatic rings. The van der Waals surface area contributed by atoms with Crippen molar-refractivity contribution in [3.05, 3.63) is 59.7 Å². The van der Waals surface area contributed by atoms with Crippen molar-refractivity contribution in [2.24, 2.45) is 5.73 Å². The van der Waals surface area contributed by atoms with Crippen molar-refractivity contribution in [1.82, 2.24) is 0 Å². The van der Waals surface area contributed by atoms with Crippen LogP contribution in [0.2, 0.25) is 0 Å². The second-order valence-electron chi connectivity index (χ2n) is 3.96. The molecule has 2 N–H and O–H groups in total. The SMILES string of the molecule is Cl.NCC1c2ccccc2-c2ccccc21. The van der Waals surface area contributed by atoms with Crippen molar-refractivity contribution in [1.29, 1.82) is 0 Å². The zero-order valence-corrected chi connectivity index (χ0v) is 9.71. The number of benzene rings is 2. The van der Waals surface area contributed by atoms with Crippen LogP contribution < -0.4 is 5.73 Å². The van der Waals surface area contributed by atoms with Crippen molar-refractivity contribution >= 4 is 12.4 Å². The largest absolute Gasteiger partial charge is 0.330 e. The fraction of sp³-hybridized carbons (Fsp3) is 0.143. The minimum Gasteiger partial charge on any atom is -0.330 e. The average molecular weight is 232 g/mol. The molecule has 0 saturated carbocycles. The third-order valence-corrected chi connectivity index (χ3v) is 3.20. The van der Waals surface area contributed by atoms with Crippen LogP contribution in [0.1, 0.15) is 17.0 Å². The van der Waals surface area contributed by atoms with Crippen LogP contribution in [-0.4, -0.2) is 6.54 Å². The Morgan fingerprint density at radius 2 is 1.25 bits per heavy atom. The molecular weight excluding hydrogens is 218 g/mol. The molecule has 0 radical (unpaired) electrons. The summed E-state index contributed by atoms with van der Waals surface area (Å²) < 4.78 is 0. The van der Waals surface area contributed by atoms with E-state index >= 15 is 0 Å². The van der Waals surface area contributed by atoms with Gasteiger partial charge >= 0.3 is 0 Å². The Kier molecular flexibility index (Phi) is 2.99. The maximum Gasteiger partial charge on any atom is 0.0224 e. The maximum atomic E-state index is 5.86. The molecule has 0 fully saturated rings. The molecule has 2 heteroatoms. The molecule has 0 heterocycles. The van der Waals surface area contributed by atoms with Gasteiger partial charge in [0.2, 0.25) is 0 Å². The molecule has 0 aromatic heterocycles. The Morgan fingerprint density at radius 3 is 1.69 bits per heavy atom. The van der Waals surface area contributed by atoms with Crippen molar-refractivity contribution in [3.8, 4) is 11.1 Å². The number of hydrogen-bond donors (Lipinski definition) is 1. The van der Waals surface area contributed by atoms with E-state index in [1.807, 2.05) is 0 Å². The van der Waals surface area contributed by atoms with Gasteiger partial charge in [0, 0.05) is 12.5 Å². The minimum absolute atomic E-state index is 0. The number of fused-ring (bicyclic) bond motifs is 3. The number of halogens is 1. The van der Waals surface area contributed by atoms with Gasteiger partial charge in [0.15, 0.2) is 0 Å². The first kappa shape index (κ1) is 11.2. The maximum absolute atomic E-state index is 5.86. The van der Waals surface area contributed by atoms with Gasteiger partial charge in [-0.15, -0.1) is 12.4 Å². The Morgan fingerprint density at radius 1 is 0.812 bits per heavy atom. The monoisotopic (exact) mass is 231 g/mol. The molecule has 0 unspecified atom stereocenters. The Labute approximate surface area is 102 Å². The second kappa shape index (κ2) is 4.28. The molecule has 2 aromatic rings. The lowest BCUT2D eigenvalue weighted by molar-refractivity contribution is 0.841. The highest BCUT2D eigenvalue weighted by atomic mass is 35.5. The van der Waals surface area contributed by atoms with Crippen LogP contribution in [0.3, 0.4) is 0 Å². The summed E-state index contributed by atoms with van der Waals surface area (Å²) in [7, 11) is 0. The highest BCUT2D eigenvalue weighted by Crippen LogP contribution is 2.43. The van der Waals surface area contributed by atoms with Gasteiger partial charge in [0.05, 0.1) is 0 Å². The van der Waals surface area contributed by atoms with E-state index in [9.17, 15) is 0 Å². The topological polar surface area (TPSA) is 26.0 Å². The summed E-state index contributed by atoms with van der Waals surface area (Å²) in [6.07, 6.45) is 0. The van der Waals surface area contributed by atoms with Crippen LogP contribution in [0.25, 0.3) is 11.1 Å². The van der Waals surface area contributed by atoms with E-state index in [4.69, 9.17) is 5.73 Å². The van der Waals surface area contributed by atoms with Crippen LogP contribution >= 0.6 is 12.4 Å². The molecule has 0 saturated heterocycles. The summed E-state index contributed by atoms with van der Waals surface area (Å²) in [4.78, 5) is 0. The van der Waals surface area contributed by atoms with Gasteiger partial charge < -0.3 is 5.73 Å². The fourth-order valence-electron chi connectivity index (χ4n) is 2.51. The summed E-state index contributed by atoms with van der Waals surface area (Å²) in [5.41, 5.74) is 11.3. The van der Waals surface area contributed by atoms with Gasteiger partial charge in [-0.2, -0.15) is 0 Å². The molecule has 2 aromatic carbocycles. The molecule has 1 aliphatic carbocycles. The van der Waals surface area contributed by atoms with E-state index in [0.717, 1.165) is 0 Å². The van der Waals surface area contributed by atoms with Gasteiger partial charge in [-0.05, 0) is 22.3 Å². The van der Waals surface area contributed by atoms with E-state index in [-0.39, 0.29) is 12.4 Å². The summed E-state index contributed by atoms with van der Waals surface area (Å²) in [6, 6.07) is 17.1. The Hall–Kier alpha value is -1.31. The van der Waals surface area contributed by atoms with E-state index in [0.29, 0.717) is 12.5 Å². The molecule has 1 nitrogen and oxygen atoms in total. The van der Waals surface area contributed by atoms with Gasteiger partial charge in [0.1, 0.15) is 0 Å². The zero-order chi connectivity index (χ0) is 10.3. The van der Waals surface area contributed by atoms with Crippen LogP contribution in [0.5, 0.6) is 0 Å². The molecule has 0 spiro atoms. The van der Waals surface area contributed by atoms with E-state index in [2.05, 4.69) is 48.5 Å². The molecule has 3 rings (SSSR count). The summed E-state index contributed by atoms with van der Waals surface area (Å²) in [5, 5.41) is 0. The first-order valence-electron chi connectivity index (χ1n) is 5.30. The number of hydrogen-bond acceptors (Lipinski definition) is 1. The van der Waals surface area contributed by atoms with Crippen molar-refractivity contribution in [3.63, 3.8) is 0 Å². The van der Waals surface area contributed by atoms with E-state index in [1.54, 1.807) is 0 Å². The quantitative estimate of drug-likeness (QED) is 0.802. The summed E-state index contributed by atoms with van der Waals surface area (Å²) in [6.45, 7) is 0.689.